The molecule has 0 amide bonds. The maximum atomic E-state index is 8.77. The highest BCUT2D eigenvalue weighted by molar-refractivity contribution is 6.33. The molecule has 17 heavy (non-hydrogen) atoms. The minimum absolute atomic E-state index is 0.567. The van der Waals surface area contributed by atoms with E-state index in [0.717, 1.165) is 18.2 Å². The van der Waals surface area contributed by atoms with Gasteiger partial charge in [0, 0.05) is 6.54 Å². The van der Waals surface area contributed by atoms with E-state index in [0.29, 0.717) is 16.0 Å². The lowest BCUT2D eigenvalue weighted by Gasteiger charge is -2.16. The summed E-state index contributed by atoms with van der Waals surface area (Å²) in [5.74, 6) is 0.951. The van der Waals surface area contributed by atoms with Crippen molar-refractivity contribution < 1.29 is 0 Å². The molecule has 0 aromatic heterocycles. The Hall–Kier alpha value is -1.20. The maximum absolute atomic E-state index is 8.77. The third-order valence-corrected chi connectivity index (χ3v) is 4.38. The Bertz CT molecular complexity index is 481. The molecule has 0 aliphatic heterocycles. The molecule has 0 atom stereocenters. The highest BCUT2D eigenvalue weighted by Crippen LogP contribution is 2.61. The van der Waals surface area contributed by atoms with Crippen LogP contribution in [0.15, 0.2) is 18.2 Å². The van der Waals surface area contributed by atoms with Crippen molar-refractivity contribution in [2.75, 3.05) is 11.9 Å². The van der Waals surface area contributed by atoms with Crippen LogP contribution in [0, 0.1) is 22.7 Å². The van der Waals surface area contributed by atoms with Gasteiger partial charge in [0.25, 0.3) is 0 Å². The van der Waals surface area contributed by atoms with Gasteiger partial charge in [-0.1, -0.05) is 11.6 Å². The van der Waals surface area contributed by atoms with E-state index in [9.17, 15) is 0 Å². The zero-order valence-corrected chi connectivity index (χ0v) is 10.4. The number of rotatable bonds is 4. The lowest BCUT2D eigenvalue weighted by atomic mass is 10.0. The van der Waals surface area contributed by atoms with Crippen molar-refractivity contribution in [3.63, 3.8) is 0 Å². The average Bonchev–Trinajstić information content (AvgIpc) is 3.18. The van der Waals surface area contributed by atoms with Crippen molar-refractivity contribution in [1.82, 2.24) is 0 Å². The molecule has 1 N–H and O–H groups in total. The second kappa shape index (κ2) is 3.92. The molecule has 0 spiro atoms. The van der Waals surface area contributed by atoms with Crippen molar-refractivity contribution in [1.29, 1.82) is 5.26 Å². The second-order valence-electron chi connectivity index (χ2n) is 5.30. The number of anilines is 1. The van der Waals surface area contributed by atoms with Gasteiger partial charge in [0.1, 0.15) is 0 Å². The van der Waals surface area contributed by atoms with Crippen molar-refractivity contribution in [3.05, 3.63) is 28.8 Å². The van der Waals surface area contributed by atoms with E-state index >= 15 is 0 Å². The molecule has 3 rings (SSSR count). The quantitative estimate of drug-likeness (QED) is 0.877. The molecular weight excluding hydrogens is 232 g/mol. The SMILES string of the molecule is N#Cc1ccc(NCC2(C3CC3)CC2)c(Cl)c1. The first-order valence-electron chi connectivity index (χ1n) is 6.17. The van der Waals surface area contributed by atoms with Crippen molar-refractivity contribution >= 4 is 17.3 Å². The topological polar surface area (TPSA) is 35.8 Å². The van der Waals surface area contributed by atoms with Crippen molar-refractivity contribution in [3.8, 4) is 6.07 Å². The molecule has 3 heteroatoms. The first-order valence-corrected chi connectivity index (χ1v) is 6.55. The van der Waals surface area contributed by atoms with Crippen LogP contribution in [-0.2, 0) is 0 Å². The molecule has 2 aliphatic rings. The summed E-state index contributed by atoms with van der Waals surface area (Å²) in [5, 5.41) is 12.9. The Balaban J connectivity index is 1.67. The minimum atomic E-state index is 0.567. The van der Waals surface area contributed by atoms with Crippen LogP contribution >= 0.6 is 11.6 Å². The Morgan fingerprint density at radius 1 is 1.41 bits per heavy atom. The fraction of sp³-hybridized carbons (Fsp3) is 0.500. The number of halogens is 1. The molecule has 0 unspecified atom stereocenters. The van der Waals surface area contributed by atoms with Gasteiger partial charge in [-0.25, -0.2) is 0 Å². The van der Waals surface area contributed by atoms with Crippen LogP contribution in [0.1, 0.15) is 31.2 Å². The molecular formula is C14H15ClN2. The molecule has 2 fully saturated rings. The van der Waals surface area contributed by atoms with Crippen LogP contribution in [0.3, 0.4) is 0 Å². The number of hydrogen-bond acceptors (Lipinski definition) is 2. The molecule has 2 aliphatic carbocycles. The summed E-state index contributed by atoms with van der Waals surface area (Å²) in [5.41, 5.74) is 2.14. The van der Waals surface area contributed by atoms with Gasteiger partial charge in [0.05, 0.1) is 22.3 Å². The van der Waals surface area contributed by atoms with Gasteiger partial charge in [-0.15, -0.1) is 0 Å². The molecule has 2 saturated carbocycles. The molecule has 0 radical (unpaired) electrons. The van der Waals surface area contributed by atoms with Gasteiger partial charge in [0.2, 0.25) is 0 Å². The van der Waals surface area contributed by atoms with E-state index in [-0.39, 0.29) is 0 Å². The number of nitriles is 1. The Kier molecular flexibility index (Phi) is 2.52. The summed E-state index contributed by atoms with van der Waals surface area (Å²) in [6.07, 6.45) is 5.53. The molecule has 1 aromatic carbocycles. The number of hydrogen-bond donors (Lipinski definition) is 1. The van der Waals surface area contributed by atoms with Crippen LogP contribution in [-0.4, -0.2) is 6.54 Å². The van der Waals surface area contributed by atoms with E-state index in [1.54, 1.807) is 6.07 Å². The molecule has 0 heterocycles. The van der Waals surface area contributed by atoms with E-state index in [1.165, 1.54) is 25.7 Å². The van der Waals surface area contributed by atoms with Crippen LogP contribution in [0.2, 0.25) is 5.02 Å². The number of nitrogens with one attached hydrogen (secondary N) is 1. The van der Waals surface area contributed by atoms with Gasteiger partial charge in [-0.05, 0) is 55.2 Å². The van der Waals surface area contributed by atoms with Gasteiger partial charge < -0.3 is 5.32 Å². The zero-order valence-electron chi connectivity index (χ0n) is 9.67. The monoisotopic (exact) mass is 246 g/mol. The maximum Gasteiger partial charge on any atom is 0.0992 e. The lowest BCUT2D eigenvalue weighted by molar-refractivity contribution is 0.467. The van der Waals surface area contributed by atoms with E-state index in [1.807, 2.05) is 12.1 Å². The van der Waals surface area contributed by atoms with Gasteiger partial charge >= 0.3 is 0 Å². The fourth-order valence-electron chi connectivity index (χ4n) is 2.58. The Labute approximate surface area is 107 Å². The standard InChI is InChI=1S/C14H15ClN2/c15-12-7-10(8-16)1-4-13(12)17-9-14(5-6-14)11-2-3-11/h1,4,7,11,17H,2-3,5-6,9H2. The van der Waals surface area contributed by atoms with Crippen molar-refractivity contribution in [2.45, 2.75) is 25.7 Å². The molecule has 0 bridgehead atoms. The summed E-state index contributed by atoms with van der Waals surface area (Å²) in [6.45, 7) is 1.03. The summed E-state index contributed by atoms with van der Waals surface area (Å²) < 4.78 is 0. The smallest absolute Gasteiger partial charge is 0.0992 e. The highest BCUT2D eigenvalue weighted by Gasteiger charge is 2.53. The second-order valence-corrected chi connectivity index (χ2v) is 5.70. The van der Waals surface area contributed by atoms with Gasteiger partial charge in [-0.3, -0.25) is 0 Å². The zero-order chi connectivity index (χ0) is 11.9. The van der Waals surface area contributed by atoms with E-state index < -0.39 is 0 Å². The van der Waals surface area contributed by atoms with Gasteiger partial charge in [-0.2, -0.15) is 5.26 Å². The van der Waals surface area contributed by atoms with Gasteiger partial charge in [0.15, 0.2) is 0 Å². The summed E-state index contributed by atoms with van der Waals surface area (Å²) in [7, 11) is 0. The third-order valence-electron chi connectivity index (χ3n) is 4.06. The third kappa shape index (κ3) is 2.12. The predicted molar refractivity (Wildman–Crippen MR) is 69.0 cm³/mol. The number of benzene rings is 1. The lowest BCUT2D eigenvalue weighted by Crippen LogP contribution is -2.17. The average molecular weight is 247 g/mol. The first kappa shape index (κ1) is 10.9. The summed E-state index contributed by atoms with van der Waals surface area (Å²) in [4.78, 5) is 0. The first-order chi connectivity index (χ1) is 8.23. The molecule has 2 nitrogen and oxygen atoms in total. The van der Waals surface area contributed by atoms with E-state index in [2.05, 4.69) is 11.4 Å². The van der Waals surface area contributed by atoms with Crippen LogP contribution < -0.4 is 5.32 Å². The predicted octanol–water partition coefficient (Wildman–Crippen LogP) is 3.81. The largest absolute Gasteiger partial charge is 0.383 e. The summed E-state index contributed by atoms with van der Waals surface area (Å²) >= 11 is 6.14. The fourth-order valence-corrected chi connectivity index (χ4v) is 2.83. The van der Waals surface area contributed by atoms with Crippen molar-refractivity contribution in [2.24, 2.45) is 11.3 Å². The van der Waals surface area contributed by atoms with Crippen LogP contribution in [0.25, 0.3) is 0 Å². The minimum Gasteiger partial charge on any atom is -0.383 e. The molecule has 1 aromatic rings. The Morgan fingerprint density at radius 2 is 2.18 bits per heavy atom. The van der Waals surface area contributed by atoms with E-state index in [4.69, 9.17) is 16.9 Å². The molecule has 0 saturated heterocycles. The summed E-state index contributed by atoms with van der Waals surface area (Å²) in [6, 6.07) is 7.54. The Morgan fingerprint density at radius 3 is 2.71 bits per heavy atom. The number of nitrogens with zero attached hydrogens (tertiary/aromatic N) is 1. The van der Waals surface area contributed by atoms with Crippen LogP contribution in [0.5, 0.6) is 0 Å². The molecule has 88 valence electrons. The highest BCUT2D eigenvalue weighted by atomic mass is 35.5. The van der Waals surface area contributed by atoms with Crippen LogP contribution in [0.4, 0.5) is 5.69 Å². The normalized spacial score (nSPS) is 20.7.